The molecule has 2 fully saturated rings. The second-order valence-electron chi connectivity index (χ2n) is 18.7. The van der Waals surface area contributed by atoms with Crippen molar-refractivity contribution in [2.45, 2.75) is 128 Å². The molecule has 2 aliphatic rings. The van der Waals surface area contributed by atoms with Crippen molar-refractivity contribution in [2.75, 3.05) is 75.5 Å². The topological polar surface area (TPSA) is 24.9 Å². The quantitative estimate of drug-likeness (QED) is 0.140. The summed E-state index contributed by atoms with van der Waals surface area (Å²) in [4.78, 5) is 7.63. The van der Waals surface area contributed by atoms with Crippen LogP contribution in [0.25, 0.3) is 0 Å². The van der Waals surface area contributed by atoms with Crippen LogP contribution in [0.15, 0.2) is 46.2 Å². The first-order valence-corrected chi connectivity index (χ1v) is 23.0. The summed E-state index contributed by atoms with van der Waals surface area (Å²) in [6, 6.07) is 14.0. The van der Waals surface area contributed by atoms with Crippen molar-refractivity contribution in [3.05, 3.63) is 47.5 Å². The highest BCUT2D eigenvalue weighted by Gasteiger charge is 2.30. The lowest BCUT2D eigenvalue weighted by atomic mass is 9.72. The predicted molar refractivity (Wildman–Crippen MR) is 228 cm³/mol. The number of nitrogens with zero attached hydrogens (tertiary/aromatic N) is 2. The highest BCUT2D eigenvalue weighted by Crippen LogP contribution is 2.46. The lowest BCUT2D eigenvalue weighted by Crippen LogP contribution is -2.33. The standard InChI is InChI=1S/C44H72N2O2S3/c1-41(2,3)33-43(7,8)35-15-17-37(47-25-13-11-19-45-21-27-49-28-22-45)39(31-35)51-40-32-36(44(9,10)34-42(4,5)6)16-18-38(40)48-26-14-12-20-46-23-29-50-30-24-46/h15-18,31-32H,11-14,19-30,33-34H2,1-10H3. The largest absolute Gasteiger partial charge is 0.492 e. The smallest absolute Gasteiger partial charge is 0.133 e. The second kappa shape index (κ2) is 19.6. The van der Waals surface area contributed by atoms with Gasteiger partial charge in [0.15, 0.2) is 0 Å². The van der Waals surface area contributed by atoms with Gasteiger partial charge in [0.05, 0.1) is 23.0 Å². The third kappa shape index (κ3) is 15.0. The van der Waals surface area contributed by atoms with Gasteiger partial charge in [0.25, 0.3) is 0 Å². The molecule has 0 saturated carbocycles. The van der Waals surface area contributed by atoms with E-state index in [2.05, 4.69) is 139 Å². The molecule has 0 radical (unpaired) electrons. The number of hydrogen-bond acceptors (Lipinski definition) is 7. The molecule has 51 heavy (non-hydrogen) atoms. The Kier molecular flexibility index (Phi) is 16.4. The van der Waals surface area contributed by atoms with Gasteiger partial charge in [-0.3, -0.25) is 0 Å². The van der Waals surface area contributed by atoms with Crippen LogP contribution in [-0.2, 0) is 10.8 Å². The van der Waals surface area contributed by atoms with Gasteiger partial charge in [-0.15, -0.1) is 0 Å². The monoisotopic (exact) mass is 756 g/mol. The zero-order valence-electron chi connectivity index (χ0n) is 34.1. The van der Waals surface area contributed by atoms with E-state index >= 15 is 0 Å². The SMILES string of the molecule is CC(C)(C)CC(C)(C)c1ccc(OCCCCN2CCSCC2)c(Sc2cc(C(C)(C)CC(C)(C)C)ccc2OCCCCN2CCSCC2)c1. The van der Waals surface area contributed by atoms with Gasteiger partial charge in [0, 0.05) is 49.2 Å². The van der Waals surface area contributed by atoms with Crippen LogP contribution in [0.5, 0.6) is 11.5 Å². The van der Waals surface area contributed by atoms with Crippen LogP contribution < -0.4 is 9.47 Å². The maximum Gasteiger partial charge on any atom is 0.133 e. The summed E-state index contributed by atoms with van der Waals surface area (Å²) in [7, 11) is 0. The molecule has 4 nitrogen and oxygen atoms in total. The summed E-state index contributed by atoms with van der Waals surface area (Å²) >= 11 is 6.01. The second-order valence-corrected chi connectivity index (χ2v) is 22.2. The lowest BCUT2D eigenvalue weighted by molar-refractivity contribution is 0.261. The molecule has 0 spiro atoms. The Morgan fingerprint density at radius 2 is 0.922 bits per heavy atom. The number of unbranched alkanes of at least 4 members (excludes halogenated alkanes) is 2. The van der Waals surface area contributed by atoms with Gasteiger partial charge in [-0.25, -0.2) is 0 Å². The molecule has 288 valence electrons. The Bertz CT molecular complexity index is 1230. The van der Waals surface area contributed by atoms with Gasteiger partial charge in [0.2, 0.25) is 0 Å². The fourth-order valence-corrected chi connectivity index (χ4v) is 11.1. The molecule has 2 saturated heterocycles. The van der Waals surface area contributed by atoms with Gasteiger partial charge >= 0.3 is 0 Å². The number of hydrogen-bond donors (Lipinski definition) is 0. The Morgan fingerprint density at radius 1 is 0.549 bits per heavy atom. The molecular weight excluding hydrogens is 685 g/mol. The van der Waals surface area contributed by atoms with Crippen molar-refractivity contribution in [3.63, 3.8) is 0 Å². The van der Waals surface area contributed by atoms with Crippen molar-refractivity contribution < 1.29 is 9.47 Å². The average molecular weight is 757 g/mol. The molecule has 2 heterocycles. The van der Waals surface area contributed by atoms with Gasteiger partial charge in [0.1, 0.15) is 11.5 Å². The molecule has 0 unspecified atom stereocenters. The van der Waals surface area contributed by atoms with Crippen LogP contribution in [0.4, 0.5) is 0 Å². The number of benzene rings is 2. The first kappa shape index (κ1) is 42.7. The van der Waals surface area contributed by atoms with E-state index in [1.165, 1.54) is 96.0 Å². The van der Waals surface area contributed by atoms with Gasteiger partial charge in [-0.2, -0.15) is 23.5 Å². The van der Waals surface area contributed by atoms with E-state index in [0.29, 0.717) is 0 Å². The highest BCUT2D eigenvalue weighted by molar-refractivity contribution is 7.99. The Hall–Kier alpha value is -0.990. The third-order valence-corrected chi connectivity index (χ3v) is 13.0. The average Bonchev–Trinajstić information content (AvgIpc) is 3.04. The van der Waals surface area contributed by atoms with Crippen molar-refractivity contribution in [1.82, 2.24) is 9.80 Å². The maximum atomic E-state index is 6.65. The van der Waals surface area contributed by atoms with Crippen molar-refractivity contribution in [2.24, 2.45) is 10.8 Å². The Balaban J connectivity index is 1.57. The Morgan fingerprint density at radius 3 is 1.27 bits per heavy atom. The van der Waals surface area contributed by atoms with E-state index in [1.807, 2.05) is 11.8 Å². The summed E-state index contributed by atoms with van der Waals surface area (Å²) in [5.74, 6) is 7.07. The molecule has 0 N–H and O–H groups in total. The van der Waals surface area contributed by atoms with E-state index in [4.69, 9.17) is 9.47 Å². The van der Waals surface area contributed by atoms with Crippen LogP contribution in [0.1, 0.15) is 119 Å². The fraction of sp³-hybridized carbons (Fsp3) is 0.727. The predicted octanol–water partition coefficient (Wildman–Crippen LogP) is 11.7. The highest BCUT2D eigenvalue weighted by atomic mass is 32.2. The van der Waals surface area contributed by atoms with Gasteiger partial charge < -0.3 is 19.3 Å². The molecule has 0 bridgehead atoms. The maximum absolute atomic E-state index is 6.65. The summed E-state index contributed by atoms with van der Waals surface area (Å²) in [5, 5.41) is 0. The van der Waals surface area contributed by atoms with E-state index in [9.17, 15) is 0 Å². The van der Waals surface area contributed by atoms with Crippen LogP contribution in [0.2, 0.25) is 0 Å². The zero-order valence-corrected chi connectivity index (χ0v) is 36.6. The summed E-state index contributed by atoms with van der Waals surface area (Å²) in [6.45, 7) is 32.5. The van der Waals surface area contributed by atoms with Crippen LogP contribution in [0, 0.1) is 10.8 Å². The minimum atomic E-state index is 0.0434. The molecule has 0 amide bonds. The molecule has 2 aliphatic heterocycles. The minimum Gasteiger partial charge on any atom is -0.492 e. The first-order chi connectivity index (χ1) is 24.0. The summed E-state index contributed by atoms with van der Waals surface area (Å²) in [6.07, 6.45) is 6.74. The lowest BCUT2D eigenvalue weighted by Gasteiger charge is -2.34. The molecule has 2 aromatic carbocycles. The van der Waals surface area contributed by atoms with Gasteiger partial charge in [-0.05, 0) is 109 Å². The third-order valence-electron chi connectivity index (χ3n) is 10.1. The number of ether oxygens (including phenoxy) is 2. The molecule has 7 heteroatoms. The van der Waals surface area contributed by atoms with E-state index in [-0.39, 0.29) is 21.7 Å². The van der Waals surface area contributed by atoms with Crippen molar-refractivity contribution >= 4 is 35.3 Å². The minimum absolute atomic E-state index is 0.0434. The zero-order chi connectivity index (χ0) is 37.1. The first-order valence-electron chi connectivity index (χ1n) is 19.8. The Labute approximate surface area is 326 Å². The summed E-state index contributed by atoms with van der Waals surface area (Å²) in [5.41, 5.74) is 3.31. The normalized spacial score (nSPS) is 17.1. The molecule has 0 aromatic heterocycles. The number of thioether (sulfide) groups is 2. The van der Waals surface area contributed by atoms with E-state index in [0.717, 1.165) is 50.4 Å². The molecular formula is C44H72N2O2S3. The van der Waals surface area contributed by atoms with Crippen LogP contribution in [-0.4, -0.2) is 85.3 Å². The van der Waals surface area contributed by atoms with E-state index in [1.54, 1.807) is 0 Å². The van der Waals surface area contributed by atoms with Crippen LogP contribution in [0.3, 0.4) is 0 Å². The van der Waals surface area contributed by atoms with Gasteiger partial charge in [-0.1, -0.05) is 93.1 Å². The fourth-order valence-electron chi connectivity index (χ4n) is 8.12. The molecule has 2 aromatic rings. The van der Waals surface area contributed by atoms with Crippen molar-refractivity contribution in [1.29, 1.82) is 0 Å². The van der Waals surface area contributed by atoms with E-state index < -0.39 is 0 Å². The molecule has 4 rings (SSSR count). The number of rotatable bonds is 18. The van der Waals surface area contributed by atoms with Crippen LogP contribution >= 0.6 is 35.3 Å². The van der Waals surface area contributed by atoms with Crippen molar-refractivity contribution in [3.8, 4) is 11.5 Å². The molecule has 0 atom stereocenters. The summed E-state index contributed by atoms with van der Waals surface area (Å²) < 4.78 is 13.3. The molecule has 0 aliphatic carbocycles.